The van der Waals surface area contributed by atoms with Gasteiger partial charge in [0.2, 0.25) is 5.13 Å². The van der Waals surface area contributed by atoms with Gasteiger partial charge in [-0.3, -0.25) is 4.79 Å². The van der Waals surface area contributed by atoms with Crippen molar-refractivity contribution in [1.29, 1.82) is 0 Å². The van der Waals surface area contributed by atoms with Crippen LogP contribution in [0.5, 0.6) is 5.75 Å². The molecule has 3 rings (SSSR count). The fourth-order valence-electron chi connectivity index (χ4n) is 2.05. The average Bonchev–Trinajstić information content (AvgIpc) is 2.92. The van der Waals surface area contributed by atoms with E-state index in [2.05, 4.69) is 35.4 Å². The van der Waals surface area contributed by atoms with Crippen molar-refractivity contribution < 1.29 is 9.53 Å². The number of nitrogens with one attached hydrogen (secondary N) is 1. The standard InChI is InChI=1S/C15H18N4O2S/c1-15(2,3)13-17-14(22-18-13)16-9-5-6-11-10(7-9)19(4)12(20)8-21-11/h5-7H,8H2,1-4H3,(H,16,17,18). The first-order valence-corrected chi connectivity index (χ1v) is 7.76. The van der Waals surface area contributed by atoms with E-state index in [1.54, 1.807) is 11.9 Å². The topological polar surface area (TPSA) is 67.3 Å². The zero-order valence-corrected chi connectivity index (χ0v) is 13.8. The average molecular weight is 318 g/mol. The van der Waals surface area contributed by atoms with Gasteiger partial charge in [-0.25, -0.2) is 4.98 Å². The Hall–Kier alpha value is -2.15. The number of rotatable bonds is 2. The van der Waals surface area contributed by atoms with Crippen LogP contribution in [0.15, 0.2) is 18.2 Å². The number of fused-ring (bicyclic) bond motifs is 1. The molecular formula is C15H18N4O2S. The number of carbonyl (C=O) groups excluding carboxylic acids is 1. The SMILES string of the molecule is CN1C(=O)COc2ccc(Nc3nc(C(C)(C)C)ns3)cc21. The second-order valence-corrected chi connectivity index (χ2v) is 6.97. The fraction of sp³-hybridized carbons (Fsp3) is 0.400. The van der Waals surface area contributed by atoms with Gasteiger partial charge in [0.05, 0.1) is 5.69 Å². The van der Waals surface area contributed by atoms with Crippen LogP contribution < -0.4 is 15.0 Å². The lowest BCUT2D eigenvalue weighted by atomic mass is 9.96. The second-order valence-electron chi connectivity index (χ2n) is 6.22. The van der Waals surface area contributed by atoms with Crippen LogP contribution in [0, 0.1) is 0 Å². The summed E-state index contributed by atoms with van der Waals surface area (Å²) in [6, 6.07) is 5.64. The van der Waals surface area contributed by atoms with Crippen LogP contribution in [-0.4, -0.2) is 28.9 Å². The van der Waals surface area contributed by atoms with Gasteiger partial charge in [-0.2, -0.15) is 4.37 Å². The number of anilines is 3. The molecule has 1 amide bonds. The maximum atomic E-state index is 11.7. The number of hydrogen-bond acceptors (Lipinski definition) is 6. The molecule has 22 heavy (non-hydrogen) atoms. The van der Waals surface area contributed by atoms with Crippen molar-refractivity contribution in [2.75, 3.05) is 23.9 Å². The van der Waals surface area contributed by atoms with E-state index in [0.717, 1.165) is 22.3 Å². The Labute approximate surface area is 133 Å². The number of benzene rings is 1. The van der Waals surface area contributed by atoms with E-state index in [4.69, 9.17) is 4.74 Å². The second kappa shape index (κ2) is 5.24. The van der Waals surface area contributed by atoms with E-state index in [1.165, 1.54) is 11.5 Å². The first kappa shape index (κ1) is 14.8. The molecule has 7 heteroatoms. The molecule has 2 aromatic rings. The predicted molar refractivity (Wildman–Crippen MR) is 87.2 cm³/mol. The molecule has 6 nitrogen and oxygen atoms in total. The number of hydrogen-bond donors (Lipinski definition) is 1. The van der Waals surface area contributed by atoms with Crippen LogP contribution in [0.3, 0.4) is 0 Å². The summed E-state index contributed by atoms with van der Waals surface area (Å²) in [7, 11) is 1.75. The highest BCUT2D eigenvalue weighted by molar-refractivity contribution is 7.09. The smallest absolute Gasteiger partial charge is 0.264 e. The molecule has 1 aliphatic rings. The lowest BCUT2D eigenvalue weighted by molar-refractivity contribution is -0.120. The summed E-state index contributed by atoms with van der Waals surface area (Å²) in [6.07, 6.45) is 0. The Morgan fingerprint density at radius 1 is 1.36 bits per heavy atom. The summed E-state index contributed by atoms with van der Waals surface area (Å²) in [6.45, 7) is 6.32. The molecule has 2 heterocycles. The van der Waals surface area contributed by atoms with Gasteiger partial charge in [-0.15, -0.1) is 0 Å². The molecule has 0 fully saturated rings. The number of likely N-dealkylation sites (N-methyl/N-ethyl adjacent to an activating group) is 1. The van der Waals surface area contributed by atoms with E-state index in [1.807, 2.05) is 18.2 Å². The summed E-state index contributed by atoms with van der Waals surface area (Å²) in [4.78, 5) is 17.8. The molecule has 1 aliphatic heterocycles. The fourth-order valence-corrected chi connectivity index (χ4v) is 2.83. The largest absolute Gasteiger partial charge is 0.482 e. The third-order valence-corrected chi connectivity index (χ3v) is 4.02. The molecule has 0 atom stereocenters. The van der Waals surface area contributed by atoms with E-state index in [0.29, 0.717) is 5.75 Å². The number of ether oxygens (including phenoxy) is 1. The number of aromatic nitrogens is 2. The van der Waals surface area contributed by atoms with Gasteiger partial charge in [0.25, 0.3) is 5.91 Å². The van der Waals surface area contributed by atoms with Crippen molar-refractivity contribution in [3.8, 4) is 5.75 Å². The van der Waals surface area contributed by atoms with Gasteiger partial charge < -0.3 is 15.0 Å². The maximum absolute atomic E-state index is 11.7. The Balaban J connectivity index is 1.85. The van der Waals surface area contributed by atoms with Gasteiger partial charge in [0.15, 0.2) is 6.61 Å². The first-order valence-electron chi connectivity index (χ1n) is 6.99. The number of amides is 1. The Kier molecular flexibility index (Phi) is 3.52. The quantitative estimate of drug-likeness (QED) is 0.922. The summed E-state index contributed by atoms with van der Waals surface area (Å²) >= 11 is 1.33. The maximum Gasteiger partial charge on any atom is 0.264 e. The monoisotopic (exact) mass is 318 g/mol. The minimum atomic E-state index is -0.0766. The Morgan fingerprint density at radius 3 is 2.82 bits per heavy atom. The highest BCUT2D eigenvalue weighted by Crippen LogP contribution is 2.35. The predicted octanol–water partition coefficient (Wildman–Crippen LogP) is 2.93. The van der Waals surface area contributed by atoms with Crippen LogP contribution in [0.25, 0.3) is 0 Å². The van der Waals surface area contributed by atoms with E-state index in [9.17, 15) is 4.79 Å². The molecule has 1 aromatic heterocycles. The van der Waals surface area contributed by atoms with Gasteiger partial charge in [-0.05, 0) is 18.2 Å². The van der Waals surface area contributed by atoms with Crippen LogP contribution in [-0.2, 0) is 10.2 Å². The normalized spacial score (nSPS) is 14.5. The minimum Gasteiger partial charge on any atom is -0.482 e. The van der Waals surface area contributed by atoms with Gasteiger partial charge in [0.1, 0.15) is 11.6 Å². The third-order valence-electron chi connectivity index (χ3n) is 3.39. The highest BCUT2D eigenvalue weighted by Gasteiger charge is 2.23. The molecule has 1 aromatic carbocycles. The van der Waals surface area contributed by atoms with Crippen LogP contribution in [0.4, 0.5) is 16.5 Å². The molecule has 0 unspecified atom stereocenters. The molecule has 0 saturated carbocycles. The lowest BCUT2D eigenvalue weighted by Gasteiger charge is -2.26. The van der Waals surface area contributed by atoms with Crippen molar-refractivity contribution in [3.63, 3.8) is 0 Å². The zero-order chi connectivity index (χ0) is 15.9. The molecule has 0 radical (unpaired) electrons. The minimum absolute atomic E-state index is 0.0596. The Bertz CT molecular complexity index is 721. The van der Waals surface area contributed by atoms with Crippen LogP contribution >= 0.6 is 11.5 Å². The molecule has 116 valence electrons. The molecule has 0 spiro atoms. The summed E-state index contributed by atoms with van der Waals surface area (Å²) < 4.78 is 9.79. The molecule has 1 N–H and O–H groups in total. The van der Waals surface area contributed by atoms with E-state index < -0.39 is 0 Å². The van der Waals surface area contributed by atoms with Crippen molar-refractivity contribution in [1.82, 2.24) is 9.36 Å². The molecule has 0 aliphatic carbocycles. The van der Waals surface area contributed by atoms with E-state index >= 15 is 0 Å². The van der Waals surface area contributed by atoms with Gasteiger partial charge in [-0.1, -0.05) is 20.8 Å². The summed E-state index contributed by atoms with van der Waals surface area (Å²) in [5.41, 5.74) is 1.52. The number of carbonyl (C=O) groups is 1. The van der Waals surface area contributed by atoms with E-state index in [-0.39, 0.29) is 17.9 Å². The lowest BCUT2D eigenvalue weighted by Crippen LogP contribution is -2.35. The summed E-state index contributed by atoms with van der Waals surface area (Å²) in [5, 5.41) is 3.97. The first-order chi connectivity index (χ1) is 10.3. The molecule has 0 bridgehead atoms. The number of nitrogens with zero attached hydrogens (tertiary/aromatic N) is 3. The molecular weight excluding hydrogens is 300 g/mol. The Morgan fingerprint density at radius 2 is 2.14 bits per heavy atom. The third kappa shape index (κ3) is 2.76. The van der Waals surface area contributed by atoms with Crippen molar-refractivity contribution in [2.45, 2.75) is 26.2 Å². The van der Waals surface area contributed by atoms with Gasteiger partial charge in [0, 0.05) is 29.7 Å². The van der Waals surface area contributed by atoms with Crippen molar-refractivity contribution in [3.05, 3.63) is 24.0 Å². The summed E-state index contributed by atoms with van der Waals surface area (Å²) in [5.74, 6) is 1.46. The highest BCUT2D eigenvalue weighted by atomic mass is 32.1. The molecule has 0 saturated heterocycles. The van der Waals surface area contributed by atoms with Crippen LogP contribution in [0.1, 0.15) is 26.6 Å². The zero-order valence-electron chi connectivity index (χ0n) is 13.0. The van der Waals surface area contributed by atoms with Crippen LogP contribution in [0.2, 0.25) is 0 Å². The van der Waals surface area contributed by atoms with Gasteiger partial charge >= 0.3 is 0 Å². The van der Waals surface area contributed by atoms with Crippen molar-refractivity contribution >= 4 is 33.9 Å². The van der Waals surface area contributed by atoms with Crippen molar-refractivity contribution in [2.24, 2.45) is 0 Å².